The number of nitrogens with one attached hydrogen (secondary N) is 1. The zero-order chi connectivity index (χ0) is 19.1. The molecule has 0 radical (unpaired) electrons. The second kappa shape index (κ2) is 8.79. The van der Waals surface area contributed by atoms with Crippen LogP contribution in [0.4, 0.5) is 0 Å². The van der Waals surface area contributed by atoms with Gasteiger partial charge < -0.3 is 14.6 Å². The van der Waals surface area contributed by atoms with Crippen LogP contribution in [-0.2, 0) is 17.9 Å². The van der Waals surface area contributed by atoms with Crippen LogP contribution in [0.2, 0.25) is 0 Å². The fourth-order valence-electron chi connectivity index (χ4n) is 2.64. The highest BCUT2D eigenvalue weighted by Gasteiger charge is 2.13. The summed E-state index contributed by atoms with van der Waals surface area (Å²) in [5, 5.41) is 7.13. The van der Waals surface area contributed by atoms with E-state index in [9.17, 15) is 9.59 Å². The van der Waals surface area contributed by atoms with E-state index in [-0.39, 0.29) is 18.0 Å². The van der Waals surface area contributed by atoms with Crippen molar-refractivity contribution >= 4 is 5.91 Å². The molecule has 0 atom stereocenters. The van der Waals surface area contributed by atoms with E-state index in [2.05, 4.69) is 15.4 Å². The summed E-state index contributed by atoms with van der Waals surface area (Å²) in [7, 11) is 1.49. The van der Waals surface area contributed by atoms with Crippen LogP contribution in [0.3, 0.4) is 0 Å². The van der Waals surface area contributed by atoms with Gasteiger partial charge in [-0.3, -0.25) is 9.59 Å². The van der Waals surface area contributed by atoms with E-state index < -0.39 is 0 Å². The molecule has 2 heterocycles. The van der Waals surface area contributed by atoms with Gasteiger partial charge in [-0.15, -0.1) is 0 Å². The Hall–Kier alpha value is -3.42. The molecule has 3 rings (SSSR count). The lowest BCUT2D eigenvalue weighted by atomic mass is 10.1. The smallest absolute Gasteiger partial charge is 0.270 e. The normalized spacial score (nSPS) is 10.6. The molecule has 8 heteroatoms. The van der Waals surface area contributed by atoms with Crippen molar-refractivity contribution in [3.63, 3.8) is 0 Å². The van der Waals surface area contributed by atoms with Crippen molar-refractivity contribution in [1.29, 1.82) is 0 Å². The predicted octanol–water partition coefficient (Wildman–Crippen LogP) is 1.32. The number of rotatable bonds is 8. The minimum atomic E-state index is -0.389. The zero-order valence-electron chi connectivity index (χ0n) is 15.0. The maximum absolute atomic E-state index is 12.2. The molecule has 140 valence electrons. The lowest BCUT2D eigenvalue weighted by Gasteiger charge is -2.11. The van der Waals surface area contributed by atoms with Gasteiger partial charge in [-0.05, 0) is 6.42 Å². The number of methoxy groups -OCH3 is 1. The lowest BCUT2D eigenvalue weighted by Crippen LogP contribution is -2.34. The summed E-state index contributed by atoms with van der Waals surface area (Å²) in [5.41, 5.74) is 0.939. The molecule has 0 aliphatic rings. The molecule has 2 aromatic heterocycles. The number of nitrogens with zero attached hydrogens (tertiary/aromatic N) is 4. The van der Waals surface area contributed by atoms with Gasteiger partial charge in [0, 0.05) is 37.1 Å². The number of aryl methyl sites for hydroxylation is 1. The van der Waals surface area contributed by atoms with Crippen LogP contribution in [0, 0.1) is 0 Å². The topological polar surface area (TPSA) is 91.0 Å². The molecule has 0 unspecified atom stereocenters. The number of hydrogen-bond acceptors (Lipinski definition) is 5. The molecule has 0 aliphatic carbocycles. The number of benzene rings is 1. The van der Waals surface area contributed by atoms with Gasteiger partial charge in [0.15, 0.2) is 5.75 Å². The Morgan fingerprint density at radius 3 is 2.78 bits per heavy atom. The first kappa shape index (κ1) is 18.4. The first-order valence-corrected chi connectivity index (χ1v) is 8.61. The average molecular weight is 367 g/mol. The molecule has 8 nitrogen and oxygen atoms in total. The molecule has 1 amide bonds. The van der Waals surface area contributed by atoms with Gasteiger partial charge >= 0.3 is 0 Å². The molecule has 0 saturated carbocycles. The second-order valence-electron chi connectivity index (χ2n) is 5.93. The van der Waals surface area contributed by atoms with Crippen molar-refractivity contribution in [1.82, 2.24) is 24.6 Å². The third kappa shape index (κ3) is 4.81. The minimum Gasteiger partial charge on any atom is -0.494 e. The molecule has 0 aliphatic heterocycles. The van der Waals surface area contributed by atoms with Crippen LogP contribution in [0.5, 0.6) is 5.75 Å². The number of carbonyl (C=O) groups is 1. The van der Waals surface area contributed by atoms with Gasteiger partial charge in [-0.2, -0.15) is 5.10 Å². The van der Waals surface area contributed by atoms with Gasteiger partial charge in [-0.25, -0.2) is 9.67 Å². The number of hydrogen-bond donors (Lipinski definition) is 1. The monoisotopic (exact) mass is 367 g/mol. The molecule has 0 saturated heterocycles. The quantitative estimate of drug-likeness (QED) is 0.607. The highest BCUT2D eigenvalue weighted by molar-refractivity contribution is 5.75. The van der Waals surface area contributed by atoms with E-state index in [1.54, 1.807) is 12.5 Å². The second-order valence-corrected chi connectivity index (χ2v) is 5.93. The summed E-state index contributed by atoms with van der Waals surface area (Å²) in [6.07, 6.45) is 6.08. The standard InChI is InChI=1S/C19H21N5O3/c1-27-16-12-18(26)24(22-19(16)15-6-3-2-4-7-15)13-17(25)21-8-5-10-23-11-9-20-14-23/h2-4,6-7,9,11-12,14H,5,8,10,13H2,1H3,(H,21,25). The fourth-order valence-corrected chi connectivity index (χ4v) is 2.64. The molecule has 27 heavy (non-hydrogen) atoms. The van der Waals surface area contributed by atoms with Crippen LogP contribution >= 0.6 is 0 Å². The summed E-state index contributed by atoms with van der Waals surface area (Å²) in [6.45, 7) is 1.13. The van der Waals surface area contributed by atoms with E-state index in [0.29, 0.717) is 18.0 Å². The predicted molar refractivity (Wildman–Crippen MR) is 100 cm³/mol. The summed E-state index contributed by atoms with van der Waals surface area (Å²) < 4.78 is 8.36. The third-order valence-corrected chi connectivity index (χ3v) is 4.00. The Morgan fingerprint density at radius 1 is 1.26 bits per heavy atom. The largest absolute Gasteiger partial charge is 0.494 e. The fraction of sp³-hybridized carbons (Fsp3) is 0.263. The van der Waals surface area contributed by atoms with E-state index in [1.807, 2.05) is 41.1 Å². The van der Waals surface area contributed by atoms with E-state index >= 15 is 0 Å². The number of imidazole rings is 1. The Labute approximate surface area is 156 Å². The van der Waals surface area contributed by atoms with Crippen molar-refractivity contribution in [3.05, 3.63) is 65.5 Å². The lowest BCUT2D eigenvalue weighted by molar-refractivity contribution is -0.121. The van der Waals surface area contributed by atoms with E-state index in [1.165, 1.54) is 13.2 Å². The Kier molecular flexibility index (Phi) is 5.98. The van der Waals surface area contributed by atoms with Gasteiger partial charge in [0.2, 0.25) is 5.91 Å². The first-order chi connectivity index (χ1) is 13.2. The van der Waals surface area contributed by atoms with Gasteiger partial charge in [0.1, 0.15) is 12.2 Å². The van der Waals surface area contributed by atoms with Crippen molar-refractivity contribution in [2.24, 2.45) is 0 Å². The van der Waals surface area contributed by atoms with Crippen LogP contribution in [0.15, 0.2) is 59.9 Å². The number of carbonyl (C=O) groups excluding carboxylic acids is 1. The SMILES string of the molecule is COc1cc(=O)n(CC(=O)NCCCn2ccnc2)nc1-c1ccccc1. The Morgan fingerprint density at radius 2 is 2.07 bits per heavy atom. The van der Waals surface area contributed by atoms with Gasteiger partial charge in [-0.1, -0.05) is 30.3 Å². The van der Waals surface area contributed by atoms with Crippen molar-refractivity contribution in [2.45, 2.75) is 19.5 Å². The molecule has 0 bridgehead atoms. The maximum Gasteiger partial charge on any atom is 0.270 e. The summed E-state index contributed by atoms with van der Waals surface area (Å²) >= 11 is 0. The summed E-state index contributed by atoms with van der Waals surface area (Å²) in [6, 6.07) is 10.7. The molecule has 1 aromatic carbocycles. The van der Waals surface area contributed by atoms with E-state index in [0.717, 1.165) is 23.2 Å². The molecular weight excluding hydrogens is 346 g/mol. The zero-order valence-corrected chi connectivity index (χ0v) is 15.0. The molecule has 1 N–H and O–H groups in total. The first-order valence-electron chi connectivity index (χ1n) is 8.61. The molecule has 0 fully saturated rings. The van der Waals surface area contributed by atoms with Crippen LogP contribution in [0.1, 0.15) is 6.42 Å². The van der Waals surface area contributed by atoms with Crippen LogP contribution in [0.25, 0.3) is 11.3 Å². The molecule has 0 spiro atoms. The number of aromatic nitrogens is 4. The highest BCUT2D eigenvalue weighted by Crippen LogP contribution is 2.25. The highest BCUT2D eigenvalue weighted by atomic mass is 16.5. The summed E-state index contributed by atoms with van der Waals surface area (Å²) in [5.74, 6) is 0.114. The van der Waals surface area contributed by atoms with Gasteiger partial charge in [0.05, 0.1) is 13.4 Å². The number of amides is 1. The minimum absolute atomic E-state index is 0.145. The van der Waals surface area contributed by atoms with E-state index in [4.69, 9.17) is 4.74 Å². The van der Waals surface area contributed by atoms with Crippen LogP contribution < -0.4 is 15.6 Å². The Balaban J connectivity index is 1.65. The van der Waals surface area contributed by atoms with Crippen LogP contribution in [-0.4, -0.2) is 38.9 Å². The average Bonchev–Trinajstić information content (AvgIpc) is 3.21. The van der Waals surface area contributed by atoms with Crippen molar-refractivity contribution in [2.75, 3.05) is 13.7 Å². The van der Waals surface area contributed by atoms with Crippen molar-refractivity contribution < 1.29 is 9.53 Å². The summed E-state index contributed by atoms with van der Waals surface area (Å²) in [4.78, 5) is 28.4. The Bertz CT molecular complexity index is 936. The third-order valence-electron chi connectivity index (χ3n) is 4.00. The molecular formula is C19H21N5O3. The maximum atomic E-state index is 12.2. The van der Waals surface area contributed by atoms with Gasteiger partial charge in [0.25, 0.3) is 5.56 Å². The number of ether oxygens (including phenoxy) is 1. The van der Waals surface area contributed by atoms with Crippen molar-refractivity contribution in [3.8, 4) is 17.0 Å². The molecule has 3 aromatic rings.